The van der Waals surface area contributed by atoms with E-state index in [1.807, 2.05) is 12.1 Å². The van der Waals surface area contributed by atoms with Gasteiger partial charge in [0, 0.05) is 12.3 Å². The molecule has 0 fully saturated rings. The summed E-state index contributed by atoms with van der Waals surface area (Å²) in [5.74, 6) is -0.106. The summed E-state index contributed by atoms with van der Waals surface area (Å²) in [7, 11) is 0. The fraction of sp³-hybridized carbons (Fsp3) is 0.385. The third-order valence-electron chi connectivity index (χ3n) is 2.37. The molecule has 90 valence electrons. The fourth-order valence-electron chi connectivity index (χ4n) is 1.63. The maximum absolute atomic E-state index is 11.8. The van der Waals surface area contributed by atoms with Gasteiger partial charge in [-0.05, 0) is 24.5 Å². The van der Waals surface area contributed by atoms with E-state index in [4.69, 9.17) is 21.6 Å². The van der Waals surface area contributed by atoms with Crippen LogP contribution in [0, 0.1) is 11.3 Å². The van der Waals surface area contributed by atoms with E-state index < -0.39 is 0 Å². The summed E-state index contributed by atoms with van der Waals surface area (Å²) in [6, 6.07) is 7.54. The molecule has 4 heteroatoms. The first-order chi connectivity index (χ1) is 8.24. The topological polar surface area (TPSA) is 50.1 Å². The Kier molecular flexibility index (Phi) is 5.51. The minimum absolute atomic E-state index is 0.258. The highest BCUT2D eigenvalue weighted by Crippen LogP contribution is 2.19. The number of carbonyl (C=O) groups is 1. The zero-order chi connectivity index (χ0) is 12.7. The van der Waals surface area contributed by atoms with Crippen molar-refractivity contribution in [3.05, 3.63) is 34.9 Å². The Bertz CT molecular complexity index is 438. The van der Waals surface area contributed by atoms with E-state index >= 15 is 0 Å². The van der Waals surface area contributed by atoms with Crippen LogP contribution in [0.15, 0.2) is 18.2 Å². The molecule has 0 N–H and O–H groups in total. The molecular formula is C13H14ClNO2. The molecule has 1 aromatic rings. The number of esters is 1. The highest BCUT2D eigenvalue weighted by Gasteiger charge is 2.16. The fourth-order valence-corrected chi connectivity index (χ4v) is 1.85. The van der Waals surface area contributed by atoms with Crippen molar-refractivity contribution in [2.45, 2.75) is 25.6 Å². The molecule has 0 radical (unpaired) electrons. The summed E-state index contributed by atoms with van der Waals surface area (Å²) < 4.78 is 5.01. The lowest BCUT2D eigenvalue weighted by Crippen LogP contribution is -2.11. The van der Waals surface area contributed by atoms with Gasteiger partial charge in [-0.1, -0.05) is 18.2 Å². The average molecular weight is 252 g/mol. The van der Waals surface area contributed by atoms with E-state index in [1.54, 1.807) is 13.0 Å². The van der Waals surface area contributed by atoms with E-state index in [9.17, 15) is 4.79 Å². The summed E-state index contributed by atoms with van der Waals surface area (Å²) in [5, 5.41) is 8.59. The molecule has 0 spiro atoms. The minimum atomic E-state index is -0.364. The number of aryl methyl sites for hydroxylation is 1. The molecule has 0 heterocycles. The Morgan fingerprint density at radius 3 is 2.76 bits per heavy atom. The number of alkyl halides is 1. The molecule has 0 aliphatic rings. The van der Waals surface area contributed by atoms with Crippen molar-refractivity contribution in [2.24, 2.45) is 0 Å². The van der Waals surface area contributed by atoms with Crippen LogP contribution in [0.2, 0.25) is 0 Å². The van der Waals surface area contributed by atoms with Crippen molar-refractivity contribution in [3.63, 3.8) is 0 Å². The zero-order valence-corrected chi connectivity index (χ0v) is 10.5. The van der Waals surface area contributed by atoms with Gasteiger partial charge in [0.1, 0.15) is 0 Å². The Morgan fingerprint density at radius 2 is 2.18 bits per heavy atom. The SMILES string of the molecule is CCOC(=O)c1c(CCl)cccc1CCC#N. The smallest absolute Gasteiger partial charge is 0.338 e. The summed E-state index contributed by atoms with van der Waals surface area (Å²) in [6.45, 7) is 2.09. The van der Waals surface area contributed by atoms with Gasteiger partial charge < -0.3 is 4.74 Å². The van der Waals surface area contributed by atoms with Crippen molar-refractivity contribution in [1.29, 1.82) is 5.26 Å². The first kappa shape index (κ1) is 13.5. The second kappa shape index (κ2) is 6.93. The maximum Gasteiger partial charge on any atom is 0.338 e. The third kappa shape index (κ3) is 3.47. The minimum Gasteiger partial charge on any atom is -0.462 e. The van der Waals surface area contributed by atoms with Gasteiger partial charge in [-0.3, -0.25) is 0 Å². The van der Waals surface area contributed by atoms with Crippen molar-refractivity contribution >= 4 is 17.6 Å². The molecule has 0 atom stereocenters. The summed E-state index contributed by atoms with van der Waals surface area (Å²) in [4.78, 5) is 11.8. The molecule has 0 aliphatic heterocycles. The Balaban J connectivity index is 3.11. The molecule has 0 aliphatic carbocycles. The Labute approximate surface area is 106 Å². The van der Waals surface area contributed by atoms with Gasteiger partial charge in [-0.2, -0.15) is 5.26 Å². The Hall–Kier alpha value is -1.53. The number of hydrogen-bond acceptors (Lipinski definition) is 3. The lowest BCUT2D eigenvalue weighted by atomic mass is 9.98. The van der Waals surface area contributed by atoms with E-state index in [2.05, 4.69) is 6.07 Å². The molecular weight excluding hydrogens is 238 g/mol. The second-order valence-corrected chi connectivity index (χ2v) is 3.73. The molecule has 3 nitrogen and oxygen atoms in total. The number of benzene rings is 1. The van der Waals surface area contributed by atoms with E-state index in [0.29, 0.717) is 25.0 Å². The normalized spacial score (nSPS) is 9.71. The highest BCUT2D eigenvalue weighted by atomic mass is 35.5. The monoisotopic (exact) mass is 251 g/mol. The number of nitrogens with zero attached hydrogens (tertiary/aromatic N) is 1. The molecule has 0 aromatic heterocycles. The summed E-state index contributed by atoms with van der Waals surface area (Å²) in [6.07, 6.45) is 0.910. The molecule has 1 rings (SSSR count). The standard InChI is InChI=1S/C13H14ClNO2/c1-2-17-13(16)12-10(7-4-8-15)5-3-6-11(12)9-14/h3,5-6H,2,4,7,9H2,1H3. The molecule has 17 heavy (non-hydrogen) atoms. The highest BCUT2D eigenvalue weighted by molar-refractivity contribution is 6.17. The van der Waals surface area contributed by atoms with Crippen molar-refractivity contribution < 1.29 is 9.53 Å². The van der Waals surface area contributed by atoms with Crippen molar-refractivity contribution in [3.8, 4) is 6.07 Å². The van der Waals surface area contributed by atoms with Gasteiger partial charge in [-0.15, -0.1) is 11.6 Å². The number of nitriles is 1. The second-order valence-electron chi connectivity index (χ2n) is 3.46. The van der Waals surface area contributed by atoms with Gasteiger partial charge >= 0.3 is 5.97 Å². The molecule has 0 unspecified atom stereocenters. The van der Waals surface area contributed by atoms with Crippen LogP contribution in [0.4, 0.5) is 0 Å². The van der Waals surface area contributed by atoms with Crippen LogP contribution in [-0.2, 0) is 17.0 Å². The van der Waals surface area contributed by atoms with Crippen LogP contribution >= 0.6 is 11.6 Å². The quantitative estimate of drug-likeness (QED) is 0.597. The maximum atomic E-state index is 11.8. The number of rotatable bonds is 5. The van der Waals surface area contributed by atoms with Crippen molar-refractivity contribution in [1.82, 2.24) is 0 Å². The van der Waals surface area contributed by atoms with Gasteiger partial charge in [0.05, 0.1) is 18.2 Å². The van der Waals surface area contributed by atoms with Crippen LogP contribution in [0.1, 0.15) is 34.8 Å². The molecule has 1 aromatic carbocycles. The lowest BCUT2D eigenvalue weighted by molar-refractivity contribution is 0.0524. The predicted molar refractivity (Wildman–Crippen MR) is 65.9 cm³/mol. The van der Waals surface area contributed by atoms with Crippen LogP contribution in [0.25, 0.3) is 0 Å². The van der Waals surface area contributed by atoms with Gasteiger partial charge in [-0.25, -0.2) is 4.79 Å². The number of ether oxygens (including phenoxy) is 1. The van der Waals surface area contributed by atoms with Crippen LogP contribution in [0.5, 0.6) is 0 Å². The zero-order valence-electron chi connectivity index (χ0n) is 9.70. The van der Waals surface area contributed by atoms with Crippen molar-refractivity contribution in [2.75, 3.05) is 6.61 Å². The lowest BCUT2D eigenvalue weighted by Gasteiger charge is -2.11. The Morgan fingerprint density at radius 1 is 1.47 bits per heavy atom. The van der Waals surface area contributed by atoms with Crippen LogP contribution < -0.4 is 0 Å². The largest absolute Gasteiger partial charge is 0.462 e. The van der Waals surface area contributed by atoms with Gasteiger partial charge in [0.2, 0.25) is 0 Å². The number of carbonyl (C=O) groups excluding carboxylic acids is 1. The third-order valence-corrected chi connectivity index (χ3v) is 2.65. The summed E-state index contributed by atoms with van der Waals surface area (Å²) in [5.41, 5.74) is 2.09. The first-order valence-corrected chi connectivity index (χ1v) is 5.98. The van der Waals surface area contributed by atoms with E-state index in [-0.39, 0.29) is 11.8 Å². The van der Waals surface area contributed by atoms with E-state index in [1.165, 1.54) is 0 Å². The summed E-state index contributed by atoms with van der Waals surface area (Å²) >= 11 is 5.81. The molecule has 0 saturated carbocycles. The number of hydrogen-bond donors (Lipinski definition) is 0. The number of halogens is 1. The van der Waals surface area contributed by atoms with E-state index in [0.717, 1.165) is 11.1 Å². The van der Waals surface area contributed by atoms with Gasteiger partial charge in [0.25, 0.3) is 0 Å². The molecule has 0 amide bonds. The van der Waals surface area contributed by atoms with Crippen LogP contribution in [-0.4, -0.2) is 12.6 Å². The predicted octanol–water partition coefficient (Wildman–Crippen LogP) is 3.06. The van der Waals surface area contributed by atoms with Gasteiger partial charge in [0.15, 0.2) is 0 Å². The molecule has 0 bridgehead atoms. The van der Waals surface area contributed by atoms with Crippen LogP contribution in [0.3, 0.4) is 0 Å². The molecule has 0 saturated heterocycles. The first-order valence-electron chi connectivity index (χ1n) is 5.45. The average Bonchev–Trinajstić information content (AvgIpc) is 2.35.